The molecule has 0 aromatic heterocycles. The lowest BCUT2D eigenvalue weighted by Crippen LogP contribution is -2.51. The number of aliphatic hydroxyl groups excluding tert-OH is 1. The average Bonchev–Trinajstić information content (AvgIpc) is 2.79. The molecular weight excluding hydrogens is 252 g/mol. The zero-order valence-electron chi connectivity index (χ0n) is 11.6. The van der Waals surface area contributed by atoms with E-state index in [4.69, 9.17) is 9.84 Å². The molecule has 0 radical (unpaired) electrons. The second-order valence-corrected chi connectivity index (χ2v) is 4.89. The van der Waals surface area contributed by atoms with Crippen LogP contribution in [-0.2, 0) is 9.53 Å². The normalized spacial score (nSPS) is 22.9. The molecule has 7 heteroatoms. The SMILES string of the molecule is COC1CC(C(=O)O)N(C(=O)N(CCO)C(C)C)C1. The third-order valence-electron chi connectivity index (χ3n) is 3.34. The molecule has 2 atom stereocenters. The van der Waals surface area contributed by atoms with E-state index in [1.54, 1.807) is 0 Å². The molecule has 0 aromatic carbocycles. The maximum atomic E-state index is 12.4. The monoisotopic (exact) mass is 274 g/mol. The summed E-state index contributed by atoms with van der Waals surface area (Å²) in [6.45, 7) is 3.96. The zero-order valence-corrected chi connectivity index (χ0v) is 11.6. The van der Waals surface area contributed by atoms with Gasteiger partial charge in [-0.3, -0.25) is 0 Å². The van der Waals surface area contributed by atoms with Gasteiger partial charge in [-0.25, -0.2) is 9.59 Å². The number of hydrogen-bond donors (Lipinski definition) is 2. The molecule has 2 amide bonds. The number of likely N-dealkylation sites (tertiary alicyclic amines) is 1. The van der Waals surface area contributed by atoms with E-state index in [9.17, 15) is 14.7 Å². The number of carboxylic acid groups (broad SMARTS) is 1. The molecule has 1 fully saturated rings. The summed E-state index contributed by atoms with van der Waals surface area (Å²) in [7, 11) is 1.51. The minimum atomic E-state index is -1.03. The molecule has 0 aromatic rings. The number of ether oxygens (including phenoxy) is 1. The highest BCUT2D eigenvalue weighted by Gasteiger charge is 2.41. The number of rotatable bonds is 5. The molecule has 2 N–H and O–H groups in total. The lowest BCUT2D eigenvalue weighted by molar-refractivity contribution is -0.141. The number of urea groups is 1. The smallest absolute Gasteiger partial charge is 0.326 e. The number of hydrogen-bond acceptors (Lipinski definition) is 4. The Morgan fingerprint density at radius 1 is 1.47 bits per heavy atom. The molecule has 1 aliphatic rings. The van der Waals surface area contributed by atoms with E-state index >= 15 is 0 Å². The van der Waals surface area contributed by atoms with Crippen LogP contribution in [0.3, 0.4) is 0 Å². The fourth-order valence-corrected chi connectivity index (χ4v) is 2.26. The third kappa shape index (κ3) is 3.57. The summed E-state index contributed by atoms with van der Waals surface area (Å²) in [6.07, 6.45) is 0.0380. The van der Waals surface area contributed by atoms with E-state index in [-0.39, 0.29) is 37.9 Å². The standard InChI is InChI=1S/C12H22N2O5/c1-8(2)13(4-5-15)12(18)14-7-9(19-3)6-10(14)11(16)17/h8-10,15H,4-7H2,1-3H3,(H,16,17). The van der Waals surface area contributed by atoms with Crippen LogP contribution in [0.25, 0.3) is 0 Å². The Morgan fingerprint density at radius 2 is 2.11 bits per heavy atom. The van der Waals surface area contributed by atoms with Crippen molar-refractivity contribution in [1.82, 2.24) is 9.80 Å². The fraction of sp³-hybridized carbons (Fsp3) is 0.833. The van der Waals surface area contributed by atoms with Gasteiger partial charge in [0.15, 0.2) is 0 Å². The van der Waals surface area contributed by atoms with Crippen molar-refractivity contribution in [2.45, 2.75) is 38.5 Å². The van der Waals surface area contributed by atoms with E-state index in [1.807, 2.05) is 13.8 Å². The molecule has 110 valence electrons. The van der Waals surface area contributed by atoms with E-state index < -0.39 is 12.0 Å². The first-order chi connectivity index (χ1) is 8.92. The van der Waals surface area contributed by atoms with Crippen molar-refractivity contribution in [3.05, 3.63) is 0 Å². The maximum Gasteiger partial charge on any atom is 0.326 e. The average molecular weight is 274 g/mol. The Bertz CT molecular complexity index is 334. The van der Waals surface area contributed by atoms with Crippen LogP contribution in [0.2, 0.25) is 0 Å². The molecule has 0 spiro atoms. The summed E-state index contributed by atoms with van der Waals surface area (Å²) < 4.78 is 5.15. The molecule has 1 heterocycles. The Morgan fingerprint density at radius 3 is 2.53 bits per heavy atom. The van der Waals surface area contributed by atoms with E-state index in [0.29, 0.717) is 6.42 Å². The molecule has 19 heavy (non-hydrogen) atoms. The second-order valence-electron chi connectivity index (χ2n) is 4.89. The topological polar surface area (TPSA) is 90.3 Å². The van der Waals surface area contributed by atoms with Gasteiger partial charge in [0.1, 0.15) is 6.04 Å². The molecule has 0 saturated carbocycles. The van der Waals surface area contributed by atoms with Gasteiger partial charge in [-0.05, 0) is 13.8 Å². The highest BCUT2D eigenvalue weighted by Crippen LogP contribution is 2.22. The predicted octanol–water partition coefficient (Wildman–Crippen LogP) is -0.0170. The van der Waals surface area contributed by atoms with Crippen molar-refractivity contribution in [2.24, 2.45) is 0 Å². The maximum absolute atomic E-state index is 12.4. The van der Waals surface area contributed by atoms with E-state index in [1.165, 1.54) is 16.9 Å². The Balaban J connectivity index is 2.85. The van der Waals surface area contributed by atoms with Crippen LogP contribution in [0.5, 0.6) is 0 Å². The lowest BCUT2D eigenvalue weighted by Gasteiger charge is -2.32. The van der Waals surface area contributed by atoms with Crippen LogP contribution < -0.4 is 0 Å². The van der Waals surface area contributed by atoms with Crippen LogP contribution in [0.15, 0.2) is 0 Å². The molecule has 1 rings (SSSR count). The number of aliphatic hydroxyl groups is 1. The first-order valence-electron chi connectivity index (χ1n) is 6.36. The molecule has 1 aliphatic heterocycles. The number of carboxylic acids is 1. The number of carbonyl (C=O) groups is 2. The lowest BCUT2D eigenvalue weighted by atomic mass is 10.2. The molecule has 1 saturated heterocycles. The Hall–Kier alpha value is -1.34. The second kappa shape index (κ2) is 6.72. The predicted molar refractivity (Wildman–Crippen MR) is 67.9 cm³/mol. The number of nitrogens with zero attached hydrogens (tertiary/aromatic N) is 2. The third-order valence-corrected chi connectivity index (χ3v) is 3.34. The van der Waals surface area contributed by atoms with Gasteiger partial charge in [-0.1, -0.05) is 0 Å². The Labute approximate surface area is 112 Å². The van der Waals surface area contributed by atoms with E-state index in [0.717, 1.165) is 0 Å². The number of methoxy groups -OCH3 is 1. The van der Waals surface area contributed by atoms with Crippen molar-refractivity contribution in [2.75, 3.05) is 26.8 Å². The molecular formula is C12H22N2O5. The zero-order chi connectivity index (χ0) is 14.6. The minimum absolute atomic E-state index is 0.101. The summed E-state index contributed by atoms with van der Waals surface area (Å²) in [5.74, 6) is -1.03. The van der Waals surface area contributed by atoms with Crippen molar-refractivity contribution < 1.29 is 24.5 Å². The summed E-state index contributed by atoms with van der Waals surface area (Å²) >= 11 is 0. The van der Waals surface area contributed by atoms with Gasteiger partial charge in [-0.15, -0.1) is 0 Å². The van der Waals surface area contributed by atoms with Gasteiger partial charge in [0, 0.05) is 32.7 Å². The van der Waals surface area contributed by atoms with Crippen LogP contribution in [-0.4, -0.2) is 77.0 Å². The van der Waals surface area contributed by atoms with Crippen molar-refractivity contribution in [3.8, 4) is 0 Å². The summed E-state index contributed by atoms with van der Waals surface area (Å²) in [5.41, 5.74) is 0. The van der Waals surface area contributed by atoms with E-state index in [2.05, 4.69) is 0 Å². The molecule has 0 bridgehead atoms. The van der Waals surface area contributed by atoms with Gasteiger partial charge in [0.2, 0.25) is 0 Å². The minimum Gasteiger partial charge on any atom is -0.480 e. The quantitative estimate of drug-likeness (QED) is 0.735. The number of amides is 2. The van der Waals surface area contributed by atoms with Crippen LogP contribution in [0, 0.1) is 0 Å². The summed E-state index contributed by atoms with van der Waals surface area (Å²) in [4.78, 5) is 26.4. The Kier molecular flexibility index (Phi) is 5.56. The van der Waals surface area contributed by atoms with Crippen LogP contribution in [0.4, 0.5) is 4.79 Å². The van der Waals surface area contributed by atoms with Gasteiger partial charge in [0.25, 0.3) is 0 Å². The number of carbonyl (C=O) groups excluding carboxylic acids is 1. The highest BCUT2D eigenvalue weighted by molar-refractivity contribution is 5.83. The van der Waals surface area contributed by atoms with Gasteiger partial charge in [0.05, 0.1) is 12.7 Å². The van der Waals surface area contributed by atoms with Gasteiger partial charge < -0.3 is 24.7 Å². The number of aliphatic carboxylic acids is 1. The first-order valence-corrected chi connectivity index (χ1v) is 6.36. The molecule has 2 unspecified atom stereocenters. The molecule has 7 nitrogen and oxygen atoms in total. The van der Waals surface area contributed by atoms with Crippen LogP contribution >= 0.6 is 0 Å². The molecule has 0 aliphatic carbocycles. The van der Waals surface area contributed by atoms with Gasteiger partial charge >= 0.3 is 12.0 Å². The summed E-state index contributed by atoms with van der Waals surface area (Å²) in [5, 5.41) is 18.2. The van der Waals surface area contributed by atoms with Crippen LogP contribution in [0.1, 0.15) is 20.3 Å². The largest absolute Gasteiger partial charge is 0.480 e. The fourth-order valence-electron chi connectivity index (χ4n) is 2.26. The van der Waals surface area contributed by atoms with Gasteiger partial charge in [-0.2, -0.15) is 0 Å². The highest BCUT2D eigenvalue weighted by atomic mass is 16.5. The summed E-state index contributed by atoms with van der Waals surface area (Å²) in [6, 6.07) is -1.33. The first kappa shape index (κ1) is 15.7. The van der Waals surface area contributed by atoms with Crippen molar-refractivity contribution >= 4 is 12.0 Å². The van der Waals surface area contributed by atoms with Crippen molar-refractivity contribution in [3.63, 3.8) is 0 Å². The van der Waals surface area contributed by atoms with Crippen molar-refractivity contribution in [1.29, 1.82) is 0 Å².